The van der Waals surface area contributed by atoms with Crippen LogP contribution in [0.15, 0.2) is 18.2 Å². The summed E-state index contributed by atoms with van der Waals surface area (Å²) in [4.78, 5) is 22.0. The van der Waals surface area contributed by atoms with Crippen LogP contribution in [0, 0.1) is 5.82 Å². The van der Waals surface area contributed by atoms with Crippen LogP contribution in [-0.4, -0.2) is 23.0 Å². The first kappa shape index (κ1) is 15.9. The second-order valence-electron chi connectivity index (χ2n) is 4.16. The fraction of sp³-hybridized carbons (Fsp3) is 0.333. The van der Waals surface area contributed by atoms with Crippen LogP contribution < -0.4 is 5.32 Å². The minimum atomic E-state index is -4.91. The van der Waals surface area contributed by atoms with Gasteiger partial charge in [-0.1, -0.05) is 0 Å². The van der Waals surface area contributed by atoms with Gasteiger partial charge in [0.05, 0.1) is 12.0 Å². The van der Waals surface area contributed by atoms with Crippen LogP contribution in [0.4, 0.5) is 17.6 Å². The molecule has 0 fully saturated rings. The summed E-state index contributed by atoms with van der Waals surface area (Å²) in [7, 11) is 0. The highest BCUT2D eigenvalue weighted by Crippen LogP contribution is 2.31. The van der Waals surface area contributed by atoms with Gasteiger partial charge in [0.15, 0.2) is 0 Å². The fourth-order valence-corrected chi connectivity index (χ4v) is 1.50. The van der Waals surface area contributed by atoms with E-state index in [-0.39, 0.29) is 6.42 Å². The first-order valence-corrected chi connectivity index (χ1v) is 5.50. The molecule has 0 aliphatic rings. The molecule has 8 heteroatoms. The number of carbonyl (C=O) groups excluding carboxylic acids is 1. The number of nitrogens with one attached hydrogen (secondary N) is 1. The summed E-state index contributed by atoms with van der Waals surface area (Å²) in [6.07, 6.45) is -5.29. The van der Waals surface area contributed by atoms with E-state index in [0.717, 1.165) is 6.07 Å². The molecular formula is C12H11F4NO3. The summed E-state index contributed by atoms with van der Waals surface area (Å²) in [6.45, 7) is 1.39. The number of alkyl halides is 3. The van der Waals surface area contributed by atoms with Gasteiger partial charge < -0.3 is 10.4 Å². The molecule has 0 saturated carbocycles. The largest absolute Gasteiger partial charge is 0.481 e. The number of hydrogen-bond donors (Lipinski definition) is 2. The number of amides is 1. The summed E-state index contributed by atoms with van der Waals surface area (Å²) in [5.74, 6) is -3.54. The van der Waals surface area contributed by atoms with E-state index in [1.165, 1.54) is 6.92 Å². The third-order valence-corrected chi connectivity index (χ3v) is 2.39. The Morgan fingerprint density at radius 1 is 1.35 bits per heavy atom. The Bertz CT molecular complexity index is 528. The Morgan fingerprint density at radius 2 is 1.95 bits per heavy atom. The van der Waals surface area contributed by atoms with E-state index in [9.17, 15) is 27.2 Å². The maximum absolute atomic E-state index is 13.0. The van der Waals surface area contributed by atoms with E-state index in [0.29, 0.717) is 12.1 Å². The molecule has 0 aromatic heterocycles. The second kappa shape index (κ2) is 5.89. The lowest BCUT2D eigenvalue weighted by Crippen LogP contribution is -2.34. The maximum atomic E-state index is 13.0. The van der Waals surface area contributed by atoms with Crippen molar-refractivity contribution >= 4 is 11.9 Å². The Hall–Kier alpha value is -2.12. The molecule has 0 spiro atoms. The molecule has 1 amide bonds. The van der Waals surface area contributed by atoms with E-state index in [1.807, 2.05) is 0 Å². The van der Waals surface area contributed by atoms with Crippen LogP contribution >= 0.6 is 0 Å². The van der Waals surface area contributed by atoms with Crippen LogP contribution in [0.2, 0.25) is 0 Å². The van der Waals surface area contributed by atoms with Gasteiger partial charge >= 0.3 is 12.1 Å². The third kappa shape index (κ3) is 4.22. The first-order chi connectivity index (χ1) is 9.11. The van der Waals surface area contributed by atoms with Gasteiger partial charge in [0, 0.05) is 11.6 Å². The van der Waals surface area contributed by atoms with E-state index >= 15 is 0 Å². The number of benzene rings is 1. The van der Waals surface area contributed by atoms with Crippen molar-refractivity contribution in [2.75, 3.05) is 0 Å². The second-order valence-corrected chi connectivity index (χ2v) is 4.16. The zero-order chi connectivity index (χ0) is 15.5. The van der Waals surface area contributed by atoms with Crippen molar-refractivity contribution in [1.29, 1.82) is 0 Å². The Balaban J connectivity index is 2.92. The van der Waals surface area contributed by atoms with Gasteiger partial charge in [-0.15, -0.1) is 0 Å². The minimum Gasteiger partial charge on any atom is -0.481 e. The van der Waals surface area contributed by atoms with Crippen LogP contribution in [0.1, 0.15) is 29.3 Å². The molecule has 0 bridgehead atoms. The van der Waals surface area contributed by atoms with Crippen LogP contribution in [-0.2, 0) is 11.0 Å². The van der Waals surface area contributed by atoms with Crippen molar-refractivity contribution in [3.63, 3.8) is 0 Å². The average Bonchev–Trinajstić information content (AvgIpc) is 2.26. The molecular weight excluding hydrogens is 282 g/mol. The lowest BCUT2D eigenvalue weighted by atomic mass is 10.1. The molecule has 110 valence electrons. The molecule has 1 rings (SSSR count). The molecule has 0 heterocycles. The van der Waals surface area contributed by atoms with Gasteiger partial charge in [0.25, 0.3) is 5.91 Å². The number of halogens is 4. The van der Waals surface area contributed by atoms with Crippen molar-refractivity contribution in [3.8, 4) is 0 Å². The summed E-state index contributed by atoms with van der Waals surface area (Å²) in [5.41, 5.74) is -1.94. The molecule has 4 nitrogen and oxygen atoms in total. The SMILES string of the molecule is CC(CC(=O)O)NC(=O)c1ccc(F)c(C(F)(F)F)c1. The van der Waals surface area contributed by atoms with Gasteiger partial charge in [-0.3, -0.25) is 9.59 Å². The smallest absolute Gasteiger partial charge is 0.419 e. The van der Waals surface area contributed by atoms with Gasteiger partial charge in [0.1, 0.15) is 5.82 Å². The van der Waals surface area contributed by atoms with Crippen LogP contribution in [0.25, 0.3) is 0 Å². The van der Waals surface area contributed by atoms with Crippen LogP contribution in [0.3, 0.4) is 0 Å². The van der Waals surface area contributed by atoms with Gasteiger partial charge in [-0.05, 0) is 25.1 Å². The number of carboxylic acid groups (broad SMARTS) is 1. The molecule has 0 aliphatic heterocycles. The summed E-state index contributed by atoms with van der Waals surface area (Å²) in [5, 5.41) is 10.7. The fourth-order valence-electron chi connectivity index (χ4n) is 1.50. The predicted octanol–water partition coefficient (Wildman–Crippen LogP) is 2.44. The quantitative estimate of drug-likeness (QED) is 0.838. The summed E-state index contributed by atoms with van der Waals surface area (Å²) >= 11 is 0. The Kier molecular flexibility index (Phi) is 4.69. The molecule has 1 aromatic carbocycles. The highest BCUT2D eigenvalue weighted by atomic mass is 19.4. The molecule has 0 saturated heterocycles. The van der Waals surface area contributed by atoms with Crippen molar-refractivity contribution in [3.05, 3.63) is 35.1 Å². The third-order valence-electron chi connectivity index (χ3n) is 2.39. The molecule has 0 aliphatic carbocycles. The summed E-state index contributed by atoms with van der Waals surface area (Å²) in [6, 6.07) is 1.06. The first-order valence-electron chi connectivity index (χ1n) is 5.50. The highest BCUT2D eigenvalue weighted by molar-refractivity contribution is 5.94. The van der Waals surface area contributed by atoms with Crippen LogP contribution in [0.5, 0.6) is 0 Å². The lowest BCUT2D eigenvalue weighted by molar-refractivity contribution is -0.140. The number of carboxylic acids is 1. The van der Waals surface area contributed by atoms with E-state index in [2.05, 4.69) is 5.32 Å². The van der Waals surface area contributed by atoms with Gasteiger partial charge in [0.2, 0.25) is 0 Å². The molecule has 0 radical (unpaired) electrons. The Morgan fingerprint density at radius 3 is 2.45 bits per heavy atom. The van der Waals surface area contributed by atoms with Gasteiger partial charge in [-0.25, -0.2) is 4.39 Å². The standard InChI is InChI=1S/C12H11F4NO3/c1-6(4-10(18)19)17-11(20)7-2-3-9(13)8(5-7)12(14,15)16/h2-3,5-6H,4H2,1H3,(H,17,20)(H,18,19). The molecule has 1 unspecified atom stereocenters. The molecule has 1 aromatic rings. The van der Waals surface area contributed by atoms with Crippen molar-refractivity contribution in [2.24, 2.45) is 0 Å². The number of carbonyl (C=O) groups is 2. The zero-order valence-electron chi connectivity index (χ0n) is 10.3. The normalized spacial score (nSPS) is 12.8. The lowest BCUT2D eigenvalue weighted by Gasteiger charge is -2.13. The predicted molar refractivity (Wildman–Crippen MR) is 60.6 cm³/mol. The topological polar surface area (TPSA) is 66.4 Å². The van der Waals surface area contributed by atoms with Crippen molar-refractivity contribution in [2.45, 2.75) is 25.6 Å². The number of hydrogen-bond acceptors (Lipinski definition) is 2. The monoisotopic (exact) mass is 293 g/mol. The van der Waals surface area contributed by atoms with Crippen molar-refractivity contribution < 1.29 is 32.3 Å². The number of aliphatic carboxylic acids is 1. The van der Waals surface area contributed by atoms with E-state index in [1.54, 1.807) is 0 Å². The average molecular weight is 293 g/mol. The summed E-state index contributed by atoms with van der Waals surface area (Å²) < 4.78 is 50.5. The molecule has 1 atom stereocenters. The Labute approximate surface area is 111 Å². The maximum Gasteiger partial charge on any atom is 0.419 e. The van der Waals surface area contributed by atoms with E-state index < -0.39 is 41.0 Å². The van der Waals surface area contributed by atoms with E-state index in [4.69, 9.17) is 5.11 Å². The van der Waals surface area contributed by atoms with Crippen molar-refractivity contribution in [1.82, 2.24) is 5.32 Å². The highest BCUT2D eigenvalue weighted by Gasteiger charge is 2.34. The molecule has 2 N–H and O–H groups in total. The van der Waals surface area contributed by atoms with Gasteiger partial charge in [-0.2, -0.15) is 13.2 Å². The molecule has 20 heavy (non-hydrogen) atoms. The minimum absolute atomic E-state index is 0.376. The number of rotatable bonds is 4. The zero-order valence-corrected chi connectivity index (χ0v) is 10.3.